The molecular weight excluding hydrogens is 252 g/mol. The van der Waals surface area contributed by atoms with Crippen LogP contribution < -0.4 is 10.6 Å². The molecule has 4 heteroatoms. The Labute approximate surface area is 119 Å². The maximum absolute atomic E-state index is 12.6. The second-order valence-corrected chi connectivity index (χ2v) is 6.02. The third kappa shape index (κ3) is 2.09. The summed E-state index contributed by atoms with van der Waals surface area (Å²) in [5, 5.41) is 0. The van der Waals surface area contributed by atoms with Crippen LogP contribution in [0.2, 0.25) is 0 Å². The van der Waals surface area contributed by atoms with E-state index in [2.05, 4.69) is 0 Å². The largest absolute Gasteiger partial charge is 0.398 e. The van der Waals surface area contributed by atoms with Crippen molar-refractivity contribution < 1.29 is 9.59 Å². The van der Waals surface area contributed by atoms with Crippen LogP contribution in [0.15, 0.2) is 18.2 Å². The number of imide groups is 1. The molecular formula is C16H22N2O2. The van der Waals surface area contributed by atoms with Gasteiger partial charge in [0.05, 0.1) is 11.1 Å². The number of nitrogens with two attached hydrogens (primary N) is 1. The van der Waals surface area contributed by atoms with Gasteiger partial charge < -0.3 is 5.73 Å². The molecule has 1 aliphatic heterocycles. The summed E-state index contributed by atoms with van der Waals surface area (Å²) >= 11 is 0. The number of rotatable bonds is 3. The maximum Gasteiger partial charge on any atom is 0.240 e. The average Bonchev–Trinajstić information content (AvgIpc) is 2.61. The zero-order chi connectivity index (χ0) is 15.1. The quantitative estimate of drug-likeness (QED) is 0.681. The minimum absolute atomic E-state index is 0.121. The van der Waals surface area contributed by atoms with Gasteiger partial charge >= 0.3 is 0 Å². The molecule has 108 valence electrons. The van der Waals surface area contributed by atoms with Crippen LogP contribution >= 0.6 is 0 Å². The molecule has 1 atom stereocenters. The van der Waals surface area contributed by atoms with E-state index in [1.165, 1.54) is 4.90 Å². The van der Waals surface area contributed by atoms with Crippen molar-refractivity contribution in [3.05, 3.63) is 23.8 Å². The molecule has 1 fully saturated rings. The molecule has 1 saturated heterocycles. The van der Waals surface area contributed by atoms with E-state index in [-0.39, 0.29) is 24.2 Å². The lowest BCUT2D eigenvalue weighted by Gasteiger charge is -2.26. The molecule has 4 nitrogen and oxygen atoms in total. The van der Waals surface area contributed by atoms with Crippen molar-refractivity contribution in [2.75, 3.05) is 10.6 Å². The van der Waals surface area contributed by atoms with Gasteiger partial charge in [-0.25, -0.2) is 4.90 Å². The summed E-state index contributed by atoms with van der Waals surface area (Å²) in [7, 11) is 0. The van der Waals surface area contributed by atoms with Crippen molar-refractivity contribution in [2.45, 2.75) is 40.5 Å². The third-order valence-corrected chi connectivity index (χ3v) is 4.50. The molecule has 1 heterocycles. The molecule has 0 aliphatic carbocycles. The molecule has 0 spiro atoms. The zero-order valence-electron chi connectivity index (χ0n) is 12.6. The first-order chi connectivity index (χ1) is 9.31. The number of aryl methyl sites for hydroxylation is 1. The van der Waals surface area contributed by atoms with E-state index in [4.69, 9.17) is 5.73 Å². The predicted octanol–water partition coefficient (Wildman–Crippen LogP) is 2.76. The van der Waals surface area contributed by atoms with Crippen LogP contribution in [0.25, 0.3) is 0 Å². The molecule has 0 radical (unpaired) electrons. The lowest BCUT2D eigenvalue weighted by atomic mass is 9.78. The van der Waals surface area contributed by atoms with Gasteiger partial charge in [-0.1, -0.05) is 26.8 Å². The van der Waals surface area contributed by atoms with Crippen LogP contribution in [0.4, 0.5) is 11.4 Å². The van der Waals surface area contributed by atoms with Gasteiger partial charge in [0.1, 0.15) is 0 Å². The lowest BCUT2D eigenvalue weighted by molar-refractivity contribution is -0.126. The van der Waals surface area contributed by atoms with E-state index in [0.717, 1.165) is 12.0 Å². The van der Waals surface area contributed by atoms with Gasteiger partial charge in [-0.3, -0.25) is 9.59 Å². The monoisotopic (exact) mass is 274 g/mol. The molecule has 2 rings (SSSR count). The smallest absolute Gasteiger partial charge is 0.240 e. The molecule has 20 heavy (non-hydrogen) atoms. The summed E-state index contributed by atoms with van der Waals surface area (Å²) in [6.45, 7) is 7.83. The van der Waals surface area contributed by atoms with Crippen LogP contribution in [0.5, 0.6) is 0 Å². The molecule has 1 aromatic carbocycles. The fourth-order valence-electron chi connectivity index (χ4n) is 2.59. The van der Waals surface area contributed by atoms with Crippen LogP contribution in [0.1, 0.15) is 39.7 Å². The van der Waals surface area contributed by atoms with Crippen molar-refractivity contribution in [1.29, 1.82) is 0 Å². The minimum Gasteiger partial charge on any atom is -0.398 e. The van der Waals surface area contributed by atoms with Gasteiger partial charge in [0.15, 0.2) is 0 Å². The number of benzene rings is 1. The number of nitrogens with zero attached hydrogens (tertiary/aromatic N) is 1. The standard InChI is InChI=1S/C16H22N2O2/c1-5-11-6-7-12(8-13(11)17)18-14(19)9-16(4,10(2)3)15(18)20/h6-8,10H,5,9,17H2,1-4H3. The predicted molar refractivity (Wildman–Crippen MR) is 80.3 cm³/mol. The second kappa shape index (κ2) is 4.93. The van der Waals surface area contributed by atoms with E-state index >= 15 is 0 Å². The van der Waals surface area contributed by atoms with Gasteiger partial charge in [0.25, 0.3) is 0 Å². The Morgan fingerprint density at radius 3 is 2.45 bits per heavy atom. The van der Waals surface area contributed by atoms with Gasteiger partial charge in [0, 0.05) is 12.1 Å². The van der Waals surface area contributed by atoms with Crippen molar-refractivity contribution in [3.8, 4) is 0 Å². The number of hydrogen-bond donors (Lipinski definition) is 1. The Hall–Kier alpha value is -1.84. The molecule has 1 aliphatic rings. The highest BCUT2D eigenvalue weighted by atomic mass is 16.2. The van der Waals surface area contributed by atoms with Crippen LogP contribution in [-0.2, 0) is 16.0 Å². The van der Waals surface area contributed by atoms with Gasteiger partial charge in [-0.05, 0) is 37.0 Å². The summed E-state index contributed by atoms with van der Waals surface area (Å²) in [5.41, 5.74) is 7.59. The zero-order valence-corrected chi connectivity index (χ0v) is 12.6. The summed E-state index contributed by atoms with van der Waals surface area (Å²) < 4.78 is 0. The fraction of sp³-hybridized carbons (Fsp3) is 0.500. The first kappa shape index (κ1) is 14.6. The molecule has 1 unspecified atom stereocenters. The number of nitrogen functional groups attached to an aromatic ring is 1. The van der Waals surface area contributed by atoms with Crippen LogP contribution in [0, 0.1) is 11.3 Å². The van der Waals surface area contributed by atoms with Gasteiger partial charge in [-0.15, -0.1) is 0 Å². The SMILES string of the molecule is CCc1ccc(N2C(=O)CC(C)(C(C)C)C2=O)cc1N. The first-order valence-corrected chi connectivity index (χ1v) is 7.07. The highest BCUT2D eigenvalue weighted by molar-refractivity contribution is 6.22. The lowest BCUT2D eigenvalue weighted by Crippen LogP contribution is -2.36. The molecule has 0 bridgehead atoms. The summed E-state index contributed by atoms with van der Waals surface area (Å²) in [5.74, 6) is -0.146. The summed E-state index contributed by atoms with van der Waals surface area (Å²) in [4.78, 5) is 26.1. The van der Waals surface area contributed by atoms with Crippen molar-refractivity contribution in [2.24, 2.45) is 11.3 Å². The summed E-state index contributed by atoms with van der Waals surface area (Å²) in [6.07, 6.45) is 1.09. The molecule has 2 amide bonds. The fourth-order valence-corrected chi connectivity index (χ4v) is 2.59. The Morgan fingerprint density at radius 1 is 1.35 bits per heavy atom. The first-order valence-electron chi connectivity index (χ1n) is 7.07. The molecule has 2 N–H and O–H groups in total. The minimum atomic E-state index is -0.616. The third-order valence-electron chi connectivity index (χ3n) is 4.50. The number of anilines is 2. The van der Waals surface area contributed by atoms with E-state index in [0.29, 0.717) is 11.4 Å². The van der Waals surface area contributed by atoms with Crippen molar-refractivity contribution in [3.63, 3.8) is 0 Å². The van der Waals surface area contributed by atoms with E-state index < -0.39 is 5.41 Å². The van der Waals surface area contributed by atoms with Gasteiger partial charge in [0.2, 0.25) is 11.8 Å². The van der Waals surface area contributed by atoms with Crippen LogP contribution in [0.3, 0.4) is 0 Å². The number of carbonyl (C=O) groups is 2. The van der Waals surface area contributed by atoms with E-state index in [1.807, 2.05) is 33.8 Å². The number of amides is 2. The van der Waals surface area contributed by atoms with Crippen molar-refractivity contribution >= 4 is 23.2 Å². The summed E-state index contributed by atoms with van der Waals surface area (Å²) in [6, 6.07) is 5.41. The van der Waals surface area contributed by atoms with E-state index in [1.54, 1.807) is 12.1 Å². The average molecular weight is 274 g/mol. The van der Waals surface area contributed by atoms with Gasteiger partial charge in [-0.2, -0.15) is 0 Å². The topological polar surface area (TPSA) is 63.4 Å². The molecule has 1 aromatic rings. The highest BCUT2D eigenvalue weighted by Crippen LogP contribution is 2.41. The van der Waals surface area contributed by atoms with Crippen molar-refractivity contribution in [1.82, 2.24) is 0 Å². The van der Waals surface area contributed by atoms with Crippen LogP contribution in [-0.4, -0.2) is 11.8 Å². The number of hydrogen-bond acceptors (Lipinski definition) is 3. The Kier molecular flexibility index (Phi) is 3.59. The Bertz CT molecular complexity index is 566. The second-order valence-electron chi connectivity index (χ2n) is 6.02. The molecule has 0 saturated carbocycles. The highest BCUT2D eigenvalue weighted by Gasteiger charge is 2.50. The Morgan fingerprint density at radius 2 is 2.00 bits per heavy atom. The maximum atomic E-state index is 12.6. The van der Waals surface area contributed by atoms with E-state index in [9.17, 15) is 9.59 Å². The normalized spacial score (nSPS) is 22.9. The Balaban J connectivity index is 2.41. The number of carbonyl (C=O) groups excluding carboxylic acids is 2. The molecule has 0 aromatic heterocycles.